The zero-order valence-corrected chi connectivity index (χ0v) is 21.1. The first kappa shape index (κ1) is 23.2. The van der Waals surface area contributed by atoms with Gasteiger partial charge >= 0.3 is 0 Å². The lowest BCUT2D eigenvalue weighted by atomic mass is 9.80. The van der Waals surface area contributed by atoms with Crippen LogP contribution in [0.15, 0.2) is 60.7 Å². The minimum absolute atomic E-state index is 0.0235. The third kappa shape index (κ3) is 3.31. The molecule has 1 saturated heterocycles. The Hall–Kier alpha value is -3.22. The molecule has 0 aromatic heterocycles. The van der Waals surface area contributed by atoms with Crippen molar-refractivity contribution < 1.29 is 14.7 Å². The third-order valence-corrected chi connectivity index (χ3v) is 8.62. The second-order valence-electron chi connectivity index (χ2n) is 10.9. The van der Waals surface area contributed by atoms with Crippen LogP contribution >= 0.6 is 0 Å². The van der Waals surface area contributed by atoms with Crippen molar-refractivity contribution in [3.05, 3.63) is 77.4 Å². The SMILES string of the molecule is CN(C)C(=O)CC1(C)C(=O)N(C2CCN(C3c4cccc5cccc(c45)[C@@H]3O)CC2)c2ccccc21. The lowest BCUT2D eigenvalue weighted by molar-refractivity contribution is -0.134. The van der Waals surface area contributed by atoms with Crippen LogP contribution < -0.4 is 4.90 Å². The molecular weight excluding hydrogens is 450 g/mol. The fraction of sp³-hybridized carbons (Fsp3) is 0.400. The van der Waals surface area contributed by atoms with Crippen LogP contribution in [-0.2, 0) is 15.0 Å². The lowest BCUT2D eigenvalue weighted by Gasteiger charge is -2.41. The Balaban J connectivity index is 1.25. The number of nitrogens with zero attached hydrogens (tertiary/aromatic N) is 3. The van der Waals surface area contributed by atoms with Gasteiger partial charge in [0.05, 0.1) is 17.6 Å². The second kappa shape index (κ2) is 8.43. The molecule has 2 unspecified atom stereocenters. The number of likely N-dealkylation sites (tertiary alicyclic amines) is 1. The van der Waals surface area contributed by atoms with Gasteiger partial charge in [-0.25, -0.2) is 0 Å². The van der Waals surface area contributed by atoms with Gasteiger partial charge in [-0.15, -0.1) is 0 Å². The Bertz CT molecular complexity index is 1360. The van der Waals surface area contributed by atoms with Gasteiger partial charge in [0.25, 0.3) is 0 Å². The van der Waals surface area contributed by atoms with Crippen molar-refractivity contribution in [3.8, 4) is 0 Å². The van der Waals surface area contributed by atoms with E-state index in [4.69, 9.17) is 0 Å². The number of aliphatic hydroxyl groups is 1. The summed E-state index contributed by atoms with van der Waals surface area (Å²) in [4.78, 5) is 32.5. The zero-order chi connectivity index (χ0) is 25.2. The first-order valence-corrected chi connectivity index (χ1v) is 12.9. The maximum atomic E-state index is 13.9. The monoisotopic (exact) mass is 483 g/mol. The van der Waals surface area contributed by atoms with Gasteiger partial charge < -0.3 is 14.9 Å². The van der Waals surface area contributed by atoms with Crippen molar-refractivity contribution in [2.75, 3.05) is 32.1 Å². The van der Waals surface area contributed by atoms with E-state index in [-0.39, 0.29) is 30.3 Å². The zero-order valence-electron chi connectivity index (χ0n) is 21.1. The highest BCUT2D eigenvalue weighted by atomic mass is 16.3. The van der Waals surface area contributed by atoms with Crippen LogP contribution in [0.2, 0.25) is 0 Å². The van der Waals surface area contributed by atoms with Gasteiger partial charge in [-0.1, -0.05) is 54.6 Å². The summed E-state index contributed by atoms with van der Waals surface area (Å²) in [5.74, 6) is -0.0169. The summed E-state index contributed by atoms with van der Waals surface area (Å²) in [6.45, 7) is 3.52. The predicted octanol–water partition coefficient (Wildman–Crippen LogP) is 4.18. The molecule has 2 heterocycles. The maximum Gasteiger partial charge on any atom is 0.238 e. The van der Waals surface area contributed by atoms with E-state index in [0.717, 1.165) is 42.7 Å². The number of piperidine rings is 1. The van der Waals surface area contributed by atoms with Gasteiger partial charge in [-0.05, 0) is 53.3 Å². The average molecular weight is 484 g/mol. The van der Waals surface area contributed by atoms with Gasteiger partial charge in [0, 0.05) is 45.3 Å². The molecule has 3 aliphatic rings. The van der Waals surface area contributed by atoms with Gasteiger partial charge in [-0.2, -0.15) is 0 Å². The number of hydrogen-bond donors (Lipinski definition) is 1. The summed E-state index contributed by atoms with van der Waals surface area (Å²) >= 11 is 0. The van der Waals surface area contributed by atoms with E-state index >= 15 is 0 Å². The molecule has 36 heavy (non-hydrogen) atoms. The van der Waals surface area contributed by atoms with Crippen LogP contribution in [0.25, 0.3) is 10.8 Å². The summed E-state index contributed by atoms with van der Waals surface area (Å²) in [5.41, 5.74) is 3.24. The number of amides is 2. The molecule has 6 heteroatoms. The number of hydrogen-bond acceptors (Lipinski definition) is 4. The second-order valence-corrected chi connectivity index (χ2v) is 10.9. The molecule has 3 aromatic rings. The Morgan fingerprint density at radius 2 is 1.67 bits per heavy atom. The fourth-order valence-corrected chi connectivity index (χ4v) is 6.69. The molecule has 1 fully saturated rings. The average Bonchev–Trinajstić information content (AvgIpc) is 3.29. The molecule has 2 aliphatic heterocycles. The molecular formula is C30H33N3O3. The molecule has 0 spiro atoms. The Morgan fingerprint density at radius 1 is 1.00 bits per heavy atom. The summed E-state index contributed by atoms with van der Waals surface area (Å²) in [7, 11) is 3.47. The van der Waals surface area contributed by atoms with Crippen LogP contribution in [0.1, 0.15) is 55.0 Å². The molecule has 0 saturated carbocycles. The van der Waals surface area contributed by atoms with Gasteiger partial charge in [0.2, 0.25) is 11.8 Å². The molecule has 6 nitrogen and oxygen atoms in total. The largest absolute Gasteiger partial charge is 0.386 e. The highest BCUT2D eigenvalue weighted by Gasteiger charge is 2.51. The molecule has 186 valence electrons. The molecule has 0 radical (unpaired) electrons. The topological polar surface area (TPSA) is 64.1 Å². The number of benzene rings is 3. The normalized spacial score (nSPS) is 26.0. The fourth-order valence-electron chi connectivity index (χ4n) is 6.69. The highest BCUT2D eigenvalue weighted by molar-refractivity contribution is 6.10. The number of carbonyl (C=O) groups is 2. The number of aliphatic hydroxyl groups excluding tert-OH is 1. The van der Waals surface area contributed by atoms with E-state index in [9.17, 15) is 14.7 Å². The predicted molar refractivity (Wildman–Crippen MR) is 141 cm³/mol. The van der Waals surface area contributed by atoms with Crippen molar-refractivity contribution in [2.24, 2.45) is 0 Å². The Morgan fingerprint density at radius 3 is 2.36 bits per heavy atom. The van der Waals surface area contributed by atoms with Crippen molar-refractivity contribution in [1.29, 1.82) is 0 Å². The van der Waals surface area contributed by atoms with E-state index in [1.165, 1.54) is 16.3 Å². The van der Waals surface area contributed by atoms with Gasteiger partial charge in [0.1, 0.15) is 0 Å². The van der Waals surface area contributed by atoms with Crippen molar-refractivity contribution in [2.45, 2.75) is 49.8 Å². The number of fused-ring (bicyclic) bond motifs is 1. The van der Waals surface area contributed by atoms with Crippen molar-refractivity contribution >= 4 is 28.3 Å². The standard InChI is InChI=1S/C30H33N3O3/c1-30(18-25(34)31(2)3)23-12-4-5-13-24(23)33(29(30)36)20-14-16-32(17-15-20)27-21-10-6-8-19-9-7-11-22(26(19)21)28(27)35/h4-13,20,27-28,35H,14-18H2,1-3H3/t27?,28-,30?/m0/s1. The summed E-state index contributed by atoms with van der Waals surface area (Å²) in [5, 5.41) is 13.6. The van der Waals surface area contributed by atoms with E-state index < -0.39 is 11.5 Å². The minimum atomic E-state index is -0.853. The molecule has 1 N–H and O–H groups in total. The number of carbonyl (C=O) groups excluding carboxylic acids is 2. The molecule has 3 aromatic carbocycles. The van der Waals surface area contributed by atoms with E-state index in [2.05, 4.69) is 29.2 Å². The van der Waals surface area contributed by atoms with Gasteiger partial charge in [-0.3, -0.25) is 14.5 Å². The summed E-state index contributed by atoms with van der Waals surface area (Å²) in [6, 6.07) is 20.5. The molecule has 3 atom stereocenters. The Labute approximate surface area is 212 Å². The third-order valence-electron chi connectivity index (χ3n) is 8.62. The van der Waals surface area contributed by atoms with E-state index in [0.29, 0.717) is 0 Å². The number of anilines is 1. The summed E-state index contributed by atoms with van der Waals surface area (Å²) < 4.78 is 0. The van der Waals surface area contributed by atoms with Crippen LogP contribution in [-0.4, -0.2) is 59.9 Å². The van der Waals surface area contributed by atoms with Crippen LogP contribution in [0.4, 0.5) is 5.69 Å². The smallest absolute Gasteiger partial charge is 0.238 e. The minimum Gasteiger partial charge on any atom is -0.386 e. The first-order valence-electron chi connectivity index (χ1n) is 12.9. The van der Waals surface area contributed by atoms with Crippen molar-refractivity contribution in [1.82, 2.24) is 9.80 Å². The van der Waals surface area contributed by atoms with E-state index in [1.54, 1.807) is 19.0 Å². The highest BCUT2D eigenvalue weighted by Crippen LogP contribution is 2.49. The van der Waals surface area contributed by atoms with E-state index in [1.807, 2.05) is 48.2 Å². The van der Waals surface area contributed by atoms with Crippen molar-refractivity contribution in [3.63, 3.8) is 0 Å². The maximum absolute atomic E-state index is 13.9. The van der Waals surface area contributed by atoms with Crippen LogP contribution in [0.5, 0.6) is 0 Å². The molecule has 2 amide bonds. The molecule has 0 bridgehead atoms. The van der Waals surface area contributed by atoms with Crippen LogP contribution in [0, 0.1) is 0 Å². The van der Waals surface area contributed by atoms with Crippen LogP contribution in [0.3, 0.4) is 0 Å². The summed E-state index contributed by atoms with van der Waals surface area (Å²) in [6.07, 6.45) is 1.28. The molecule has 6 rings (SSSR count). The number of para-hydroxylation sites is 1. The first-order chi connectivity index (χ1) is 17.3. The molecule has 1 aliphatic carbocycles. The Kier molecular flexibility index (Phi) is 5.43. The quantitative estimate of drug-likeness (QED) is 0.605. The van der Waals surface area contributed by atoms with Gasteiger partial charge in [0.15, 0.2) is 0 Å². The lowest BCUT2D eigenvalue weighted by Crippen LogP contribution is -2.50. The number of rotatable bonds is 4.